The molecule has 3 aromatic rings. The van der Waals surface area contributed by atoms with Crippen molar-refractivity contribution >= 4 is 27.3 Å². The maximum absolute atomic E-state index is 13.3. The van der Waals surface area contributed by atoms with E-state index in [1.165, 1.54) is 0 Å². The number of aromatic nitrogens is 3. The SMILES string of the molecule is O=C(C1CCCN1[S+](=O)([O-])c1cccc(C(F)(F)F)c1)N1CCC(c2nc3ccncc3[nH]2)C1. The molecule has 1 amide bonds. The molecule has 0 radical (unpaired) electrons. The monoisotopic (exact) mass is 493 g/mol. The van der Waals surface area contributed by atoms with Crippen LogP contribution in [0, 0.1) is 0 Å². The van der Waals surface area contributed by atoms with Gasteiger partial charge in [0.1, 0.15) is 11.9 Å². The van der Waals surface area contributed by atoms with Crippen molar-refractivity contribution in [3.63, 3.8) is 0 Å². The number of imidazole rings is 1. The van der Waals surface area contributed by atoms with Crippen molar-refractivity contribution in [2.24, 2.45) is 0 Å². The predicted octanol–water partition coefficient (Wildman–Crippen LogP) is 3.36. The summed E-state index contributed by atoms with van der Waals surface area (Å²) in [7, 11) is -4.27. The van der Waals surface area contributed by atoms with E-state index in [0.717, 1.165) is 39.4 Å². The first-order valence-corrected chi connectivity index (χ1v) is 12.4. The molecule has 2 saturated heterocycles. The number of rotatable bonds is 4. The lowest BCUT2D eigenvalue weighted by molar-refractivity contribution is -0.138. The smallest absolute Gasteiger partial charge is 0.416 e. The van der Waals surface area contributed by atoms with Crippen LogP contribution in [0.5, 0.6) is 0 Å². The molecule has 2 aliphatic rings. The van der Waals surface area contributed by atoms with E-state index in [9.17, 15) is 26.7 Å². The Kier molecular flexibility index (Phi) is 5.69. The third kappa shape index (κ3) is 4.10. The molecule has 5 rings (SSSR count). The number of likely N-dealkylation sites (tertiary alicyclic amines) is 1. The van der Waals surface area contributed by atoms with Crippen LogP contribution in [0.4, 0.5) is 13.2 Å². The molecule has 2 aliphatic heterocycles. The van der Waals surface area contributed by atoms with Gasteiger partial charge in [-0.2, -0.15) is 13.2 Å². The third-order valence-corrected chi connectivity index (χ3v) is 8.35. The number of fused-ring (bicyclic) bond motifs is 1. The number of benzene rings is 1. The molecule has 1 aromatic carbocycles. The summed E-state index contributed by atoms with van der Waals surface area (Å²) in [6.45, 7) is 0.926. The Labute approximate surface area is 194 Å². The van der Waals surface area contributed by atoms with Crippen LogP contribution in [0.15, 0.2) is 47.6 Å². The van der Waals surface area contributed by atoms with Gasteiger partial charge in [0.05, 0.1) is 22.8 Å². The fourth-order valence-corrected chi connectivity index (χ4v) is 6.40. The molecule has 0 saturated carbocycles. The maximum atomic E-state index is 13.3. The summed E-state index contributed by atoms with van der Waals surface area (Å²) in [5.74, 6) is 0.401. The van der Waals surface area contributed by atoms with Gasteiger partial charge in [-0.05, 0) is 37.5 Å². The van der Waals surface area contributed by atoms with Crippen LogP contribution in [0.2, 0.25) is 0 Å². The van der Waals surface area contributed by atoms with E-state index in [2.05, 4.69) is 15.0 Å². The average Bonchev–Trinajstić information content (AvgIpc) is 3.57. The number of carbonyl (C=O) groups excluding carboxylic acids is 1. The van der Waals surface area contributed by atoms with Crippen LogP contribution in [0.1, 0.15) is 36.6 Å². The van der Waals surface area contributed by atoms with Crippen LogP contribution >= 0.6 is 0 Å². The average molecular weight is 494 g/mol. The standard InChI is InChI=1S/C22H22F3N5O3S/c23-22(24,25)15-3-1-4-16(11-15)34(32,33)30-9-2-5-19(30)21(31)29-10-7-14(13-29)20-27-17-6-8-26-12-18(17)28-20/h1,3-4,6,8,11-12,14,19H,2,5,7,9-10,13H2,(H-,26,27,28,32,33). The second-order valence-corrected chi connectivity index (χ2v) is 10.5. The van der Waals surface area contributed by atoms with Gasteiger partial charge in [-0.3, -0.25) is 9.78 Å². The fourth-order valence-electron chi connectivity index (χ4n) is 4.71. The van der Waals surface area contributed by atoms with Crippen LogP contribution in [-0.4, -0.2) is 60.3 Å². The van der Waals surface area contributed by atoms with E-state index in [4.69, 9.17) is 0 Å². The number of hydrogen-bond donors (Lipinski definition) is 1. The first kappa shape index (κ1) is 22.9. The summed E-state index contributed by atoms with van der Waals surface area (Å²) in [5, 5.41) is 0. The van der Waals surface area contributed by atoms with E-state index in [-0.39, 0.29) is 18.4 Å². The van der Waals surface area contributed by atoms with Crippen molar-refractivity contribution in [1.82, 2.24) is 24.2 Å². The molecular weight excluding hydrogens is 471 g/mol. The first-order valence-electron chi connectivity index (χ1n) is 10.9. The van der Waals surface area contributed by atoms with E-state index >= 15 is 0 Å². The van der Waals surface area contributed by atoms with Gasteiger partial charge in [0.2, 0.25) is 5.91 Å². The summed E-state index contributed by atoms with van der Waals surface area (Å²) < 4.78 is 66.8. The third-order valence-electron chi connectivity index (χ3n) is 6.45. The number of carbonyl (C=O) groups is 1. The van der Waals surface area contributed by atoms with Gasteiger partial charge >= 0.3 is 6.18 Å². The summed E-state index contributed by atoms with van der Waals surface area (Å²) in [6.07, 6.45) is 0.127. The molecule has 12 heteroatoms. The summed E-state index contributed by atoms with van der Waals surface area (Å²) in [5.41, 5.74) is 0.541. The quantitative estimate of drug-likeness (QED) is 0.561. The van der Waals surface area contributed by atoms with Gasteiger partial charge in [-0.25, -0.2) is 4.98 Å². The largest absolute Gasteiger partial charge is 0.593 e. The van der Waals surface area contributed by atoms with Crippen LogP contribution < -0.4 is 0 Å². The van der Waals surface area contributed by atoms with Crippen molar-refractivity contribution < 1.29 is 26.7 Å². The van der Waals surface area contributed by atoms with Crippen molar-refractivity contribution in [1.29, 1.82) is 0 Å². The number of amides is 1. The molecule has 3 unspecified atom stereocenters. The van der Waals surface area contributed by atoms with Gasteiger partial charge in [-0.1, -0.05) is 10.3 Å². The fraction of sp³-hybridized carbons (Fsp3) is 0.409. The lowest BCUT2D eigenvalue weighted by Gasteiger charge is -2.30. The van der Waals surface area contributed by atoms with E-state index in [1.54, 1.807) is 23.4 Å². The maximum Gasteiger partial charge on any atom is 0.416 e. The van der Waals surface area contributed by atoms with E-state index in [0.29, 0.717) is 38.4 Å². The predicted molar refractivity (Wildman–Crippen MR) is 116 cm³/mol. The van der Waals surface area contributed by atoms with E-state index < -0.39 is 33.1 Å². The van der Waals surface area contributed by atoms with Crippen molar-refractivity contribution in [2.45, 2.75) is 42.3 Å². The summed E-state index contributed by atoms with van der Waals surface area (Å²) in [4.78, 5) is 26.3. The molecule has 4 heterocycles. The Morgan fingerprint density at radius 2 is 2.03 bits per heavy atom. The topological polar surface area (TPSA) is 105 Å². The lowest BCUT2D eigenvalue weighted by Crippen LogP contribution is -2.49. The first-order chi connectivity index (χ1) is 16.1. The summed E-state index contributed by atoms with van der Waals surface area (Å²) >= 11 is 0. The molecule has 34 heavy (non-hydrogen) atoms. The van der Waals surface area contributed by atoms with Gasteiger partial charge in [0, 0.05) is 37.8 Å². The minimum Gasteiger partial charge on any atom is -0.593 e. The van der Waals surface area contributed by atoms with Gasteiger partial charge in [-0.15, -0.1) is 4.31 Å². The number of aromatic amines is 1. The molecule has 3 atom stereocenters. The number of halogens is 3. The molecule has 2 aromatic heterocycles. The Morgan fingerprint density at radius 3 is 2.79 bits per heavy atom. The zero-order valence-electron chi connectivity index (χ0n) is 18.0. The molecule has 0 aliphatic carbocycles. The molecule has 180 valence electrons. The van der Waals surface area contributed by atoms with E-state index in [1.807, 2.05) is 0 Å². The molecule has 2 fully saturated rings. The van der Waals surface area contributed by atoms with Crippen molar-refractivity contribution in [3.8, 4) is 0 Å². The molecular formula is C22H22F3N5O3S. The number of nitrogens with zero attached hydrogens (tertiary/aromatic N) is 4. The van der Waals surface area contributed by atoms with Crippen LogP contribution in [0.3, 0.4) is 0 Å². The molecule has 0 spiro atoms. The number of alkyl halides is 3. The second kappa shape index (κ2) is 8.43. The highest BCUT2D eigenvalue weighted by Gasteiger charge is 2.46. The second-order valence-electron chi connectivity index (χ2n) is 8.58. The van der Waals surface area contributed by atoms with Crippen LogP contribution in [0.25, 0.3) is 11.0 Å². The highest BCUT2D eigenvalue weighted by atomic mass is 32.3. The zero-order valence-corrected chi connectivity index (χ0v) is 18.8. The highest BCUT2D eigenvalue weighted by molar-refractivity contribution is 7.95. The molecule has 0 bridgehead atoms. The van der Waals surface area contributed by atoms with Gasteiger partial charge < -0.3 is 14.4 Å². The van der Waals surface area contributed by atoms with Crippen LogP contribution in [-0.2, 0) is 25.6 Å². The van der Waals surface area contributed by atoms with Crippen molar-refractivity contribution in [2.75, 3.05) is 19.6 Å². The Bertz CT molecular complexity index is 1250. The number of sulfonamides is 1. The minimum absolute atomic E-state index is 0.0220. The number of H-pyrrole nitrogens is 1. The Morgan fingerprint density at radius 1 is 1.21 bits per heavy atom. The summed E-state index contributed by atoms with van der Waals surface area (Å²) in [6, 6.07) is 4.51. The van der Waals surface area contributed by atoms with Gasteiger partial charge in [0.15, 0.2) is 15.3 Å². The minimum atomic E-state index is -4.66. The number of nitrogens with one attached hydrogen (secondary N) is 1. The number of hydrogen-bond acceptors (Lipinski definition) is 5. The lowest BCUT2D eigenvalue weighted by atomic mass is 10.1. The highest BCUT2D eigenvalue weighted by Crippen LogP contribution is 2.36. The van der Waals surface area contributed by atoms with Crippen molar-refractivity contribution in [3.05, 3.63) is 54.1 Å². The Balaban J connectivity index is 1.33. The zero-order chi connectivity index (χ0) is 24.1. The normalized spacial score (nSPS) is 23.5. The molecule has 1 N–H and O–H groups in total. The number of pyridine rings is 1. The Hall–Kier alpha value is -2.83. The molecule has 8 nitrogen and oxygen atoms in total. The van der Waals surface area contributed by atoms with Gasteiger partial charge in [0.25, 0.3) is 0 Å².